The number of hydrogen-bond acceptors (Lipinski definition) is 1. The van der Waals surface area contributed by atoms with Crippen LogP contribution in [0.2, 0.25) is 0 Å². The number of benzene rings is 2. The van der Waals surface area contributed by atoms with Crippen LogP contribution in [0, 0.1) is 0 Å². The number of nitrogens with zero attached hydrogens (tertiary/aromatic N) is 1. The highest BCUT2D eigenvalue weighted by atomic mass is 35.5. The molecule has 2 rings (SSSR count). The predicted molar refractivity (Wildman–Crippen MR) is 77.9 cm³/mol. The van der Waals surface area contributed by atoms with Crippen LogP contribution >= 0.6 is 11.8 Å². The molecule has 2 nitrogen and oxygen atoms in total. The molecule has 0 fully saturated rings. The molecule has 0 saturated carbocycles. The molecule has 0 aromatic heterocycles. The van der Waals surface area contributed by atoms with E-state index >= 15 is 0 Å². The average molecular weight is 274 g/mol. The summed E-state index contributed by atoms with van der Waals surface area (Å²) in [6, 6.07) is 18.8. The Kier molecular flexibility index (Phi) is 3.91. The maximum atomic E-state index is 12.4. The summed E-state index contributed by atoms with van der Waals surface area (Å²) in [7, 11) is 0. The SMILES string of the molecule is CC(C)(c1ccccc1)N(Cl)C(=O)c1ccccc1. The molecule has 2 aromatic carbocycles. The lowest BCUT2D eigenvalue weighted by Crippen LogP contribution is -2.39. The van der Waals surface area contributed by atoms with Crippen molar-refractivity contribution in [3.8, 4) is 0 Å². The van der Waals surface area contributed by atoms with Crippen LogP contribution in [0.1, 0.15) is 29.8 Å². The Morgan fingerprint density at radius 3 is 1.95 bits per heavy atom. The summed E-state index contributed by atoms with van der Waals surface area (Å²) in [5.41, 5.74) is 1.01. The molecule has 2 aromatic rings. The smallest absolute Gasteiger partial charge is 0.268 e. The van der Waals surface area contributed by atoms with Gasteiger partial charge in [-0.1, -0.05) is 48.5 Å². The normalized spacial score (nSPS) is 11.1. The second-order valence-corrected chi connectivity index (χ2v) is 5.22. The van der Waals surface area contributed by atoms with Gasteiger partial charge < -0.3 is 0 Å². The van der Waals surface area contributed by atoms with Crippen molar-refractivity contribution < 1.29 is 4.79 Å². The monoisotopic (exact) mass is 273 g/mol. The van der Waals surface area contributed by atoms with Gasteiger partial charge in [0.15, 0.2) is 0 Å². The summed E-state index contributed by atoms with van der Waals surface area (Å²) in [4.78, 5) is 12.4. The maximum Gasteiger partial charge on any atom is 0.269 e. The van der Waals surface area contributed by atoms with E-state index in [1.165, 1.54) is 4.42 Å². The van der Waals surface area contributed by atoms with Gasteiger partial charge in [-0.25, -0.2) is 4.42 Å². The van der Waals surface area contributed by atoms with Crippen molar-refractivity contribution in [2.45, 2.75) is 19.4 Å². The number of hydrogen-bond donors (Lipinski definition) is 0. The van der Waals surface area contributed by atoms with Crippen LogP contribution in [-0.4, -0.2) is 10.3 Å². The van der Waals surface area contributed by atoms with Gasteiger partial charge in [0.25, 0.3) is 5.91 Å². The van der Waals surface area contributed by atoms with E-state index in [4.69, 9.17) is 11.8 Å². The molecule has 0 bridgehead atoms. The fourth-order valence-corrected chi connectivity index (χ4v) is 2.10. The molecule has 3 heteroatoms. The van der Waals surface area contributed by atoms with Gasteiger partial charge in [0.05, 0.1) is 5.54 Å². The van der Waals surface area contributed by atoms with Crippen LogP contribution in [0.15, 0.2) is 60.7 Å². The van der Waals surface area contributed by atoms with E-state index in [0.717, 1.165) is 5.56 Å². The molecule has 19 heavy (non-hydrogen) atoms. The van der Waals surface area contributed by atoms with Crippen LogP contribution in [0.25, 0.3) is 0 Å². The first kappa shape index (κ1) is 13.6. The van der Waals surface area contributed by atoms with Gasteiger partial charge in [0.2, 0.25) is 0 Å². The lowest BCUT2D eigenvalue weighted by molar-refractivity contribution is 0.0757. The highest BCUT2D eigenvalue weighted by Crippen LogP contribution is 2.30. The lowest BCUT2D eigenvalue weighted by Gasteiger charge is -2.33. The molecule has 0 heterocycles. The highest BCUT2D eigenvalue weighted by Gasteiger charge is 2.32. The van der Waals surface area contributed by atoms with Crippen molar-refractivity contribution in [2.75, 3.05) is 0 Å². The zero-order valence-corrected chi connectivity index (χ0v) is 11.8. The molecule has 0 aliphatic carbocycles. The molecule has 1 amide bonds. The Labute approximate surface area is 118 Å². The Balaban J connectivity index is 2.29. The largest absolute Gasteiger partial charge is 0.269 e. The first-order valence-corrected chi connectivity index (χ1v) is 6.48. The third kappa shape index (κ3) is 2.79. The van der Waals surface area contributed by atoms with Gasteiger partial charge in [-0.05, 0) is 31.5 Å². The van der Waals surface area contributed by atoms with Crippen molar-refractivity contribution in [3.05, 3.63) is 71.8 Å². The molecular formula is C16H16ClNO. The lowest BCUT2D eigenvalue weighted by atomic mass is 9.94. The van der Waals surface area contributed by atoms with Crippen LogP contribution in [-0.2, 0) is 5.54 Å². The maximum absolute atomic E-state index is 12.4. The summed E-state index contributed by atoms with van der Waals surface area (Å²) in [5, 5.41) is 0. The van der Waals surface area contributed by atoms with Gasteiger partial charge in [-0.2, -0.15) is 0 Å². The first-order valence-electron chi connectivity index (χ1n) is 6.14. The van der Waals surface area contributed by atoms with Crippen LogP contribution < -0.4 is 0 Å². The summed E-state index contributed by atoms with van der Waals surface area (Å²) in [5.74, 6) is -0.198. The summed E-state index contributed by atoms with van der Waals surface area (Å²) < 4.78 is 1.26. The van der Waals surface area contributed by atoms with E-state index in [-0.39, 0.29) is 5.91 Å². The average Bonchev–Trinajstić information content (AvgIpc) is 2.47. The minimum absolute atomic E-state index is 0.198. The van der Waals surface area contributed by atoms with Gasteiger partial charge in [0.1, 0.15) is 0 Å². The van der Waals surface area contributed by atoms with E-state index in [1.54, 1.807) is 12.1 Å². The Morgan fingerprint density at radius 2 is 1.42 bits per heavy atom. The third-order valence-electron chi connectivity index (χ3n) is 3.17. The van der Waals surface area contributed by atoms with Crippen molar-refractivity contribution in [3.63, 3.8) is 0 Å². The number of amides is 1. The Hall–Kier alpha value is -1.80. The molecular weight excluding hydrogens is 258 g/mol. The quantitative estimate of drug-likeness (QED) is 0.767. The van der Waals surface area contributed by atoms with Crippen LogP contribution in [0.3, 0.4) is 0 Å². The predicted octanol–water partition coefficient (Wildman–Crippen LogP) is 4.22. The summed E-state index contributed by atoms with van der Waals surface area (Å²) in [6.07, 6.45) is 0. The van der Waals surface area contributed by atoms with E-state index < -0.39 is 5.54 Å². The summed E-state index contributed by atoms with van der Waals surface area (Å²) in [6.45, 7) is 3.85. The number of halogens is 1. The van der Waals surface area contributed by atoms with E-state index in [2.05, 4.69) is 0 Å². The van der Waals surface area contributed by atoms with Crippen molar-refractivity contribution in [1.82, 2.24) is 4.42 Å². The number of carbonyl (C=O) groups excluding carboxylic acids is 1. The van der Waals surface area contributed by atoms with E-state index in [1.807, 2.05) is 62.4 Å². The molecule has 0 saturated heterocycles. The van der Waals surface area contributed by atoms with Crippen molar-refractivity contribution in [2.24, 2.45) is 0 Å². The molecule has 0 unspecified atom stereocenters. The van der Waals surface area contributed by atoms with Crippen molar-refractivity contribution >= 4 is 17.7 Å². The molecule has 0 spiro atoms. The first-order chi connectivity index (χ1) is 9.03. The highest BCUT2D eigenvalue weighted by molar-refractivity contribution is 6.24. The molecule has 98 valence electrons. The van der Waals surface area contributed by atoms with E-state index in [9.17, 15) is 4.79 Å². The molecule has 0 aliphatic heterocycles. The minimum Gasteiger partial charge on any atom is -0.268 e. The topological polar surface area (TPSA) is 20.3 Å². The van der Waals surface area contributed by atoms with Gasteiger partial charge in [-0.3, -0.25) is 4.79 Å². The second-order valence-electron chi connectivity index (χ2n) is 4.88. The summed E-state index contributed by atoms with van der Waals surface area (Å²) >= 11 is 6.28. The molecule has 0 radical (unpaired) electrons. The zero-order chi connectivity index (χ0) is 13.9. The Morgan fingerprint density at radius 1 is 0.947 bits per heavy atom. The number of carbonyl (C=O) groups is 1. The van der Waals surface area contributed by atoms with E-state index in [0.29, 0.717) is 5.56 Å². The molecule has 0 atom stereocenters. The van der Waals surface area contributed by atoms with Crippen LogP contribution in [0.4, 0.5) is 0 Å². The third-order valence-corrected chi connectivity index (χ3v) is 3.75. The fourth-order valence-electron chi connectivity index (χ4n) is 1.91. The molecule has 0 N–H and O–H groups in total. The Bertz CT molecular complexity index is 551. The zero-order valence-electron chi connectivity index (χ0n) is 11.0. The van der Waals surface area contributed by atoms with Gasteiger partial charge in [-0.15, -0.1) is 0 Å². The van der Waals surface area contributed by atoms with Gasteiger partial charge in [0, 0.05) is 17.3 Å². The standard InChI is InChI=1S/C16H16ClNO/c1-16(2,14-11-7-4-8-12-14)18(17)15(19)13-9-5-3-6-10-13/h3-12H,1-2H3. The second kappa shape index (κ2) is 5.45. The van der Waals surface area contributed by atoms with Crippen molar-refractivity contribution in [1.29, 1.82) is 0 Å². The number of rotatable bonds is 3. The minimum atomic E-state index is -0.574. The van der Waals surface area contributed by atoms with Crippen LogP contribution in [0.5, 0.6) is 0 Å². The molecule has 0 aliphatic rings. The van der Waals surface area contributed by atoms with Gasteiger partial charge >= 0.3 is 0 Å². The fraction of sp³-hybridized carbons (Fsp3) is 0.188.